The van der Waals surface area contributed by atoms with E-state index in [9.17, 15) is 21.6 Å². The Labute approximate surface area is 328 Å². The third kappa shape index (κ3) is 7.27. The molecular formula is C49H49F3O3S. The van der Waals surface area contributed by atoms with Gasteiger partial charge >= 0.3 is 15.6 Å². The Balaban J connectivity index is 1.62. The summed E-state index contributed by atoms with van der Waals surface area (Å²) in [5, 5.41) is 7.31. The summed E-state index contributed by atoms with van der Waals surface area (Å²) in [5.74, 6) is -0.371. The molecule has 3 nitrogen and oxygen atoms in total. The lowest BCUT2D eigenvalue weighted by Gasteiger charge is -2.28. The number of unbranched alkanes of at least 4 members (excludes halogenated alkanes) is 2. The van der Waals surface area contributed by atoms with Crippen molar-refractivity contribution in [3.05, 3.63) is 126 Å². The highest BCUT2D eigenvalue weighted by molar-refractivity contribution is 7.88. The molecule has 0 saturated carbocycles. The van der Waals surface area contributed by atoms with Crippen LogP contribution in [0.25, 0.3) is 65.3 Å². The van der Waals surface area contributed by atoms with Gasteiger partial charge in [-0.05, 0) is 125 Å². The fourth-order valence-electron chi connectivity index (χ4n) is 8.27. The molecule has 56 heavy (non-hydrogen) atoms. The van der Waals surface area contributed by atoms with Gasteiger partial charge in [-0.15, -0.1) is 0 Å². The maximum atomic E-state index is 13.6. The number of rotatable bonds is 12. The lowest BCUT2D eigenvalue weighted by molar-refractivity contribution is -0.0499. The van der Waals surface area contributed by atoms with Crippen molar-refractivity contribution in [2.24, 2.45) is 0 Å². The van der Waals surface area contributed by atoms with E-state index in [1.807, 2.05) is 18.2 Å². The van der Waals surface area contributed by atoms with Crippen LogP contribution in [0.2, 0.25) is 0 Å². The zero-order valence-electron chi connectivity index (χ0n) is 33.0. The maximum Gasteiger partial charge on any atom is 0.534 e. The SMILES string of the molecule is CCCCC(C)(C)c1ccc2c(-c3ccc(OS(=O)(=O)C(F)(F)F)c4ccccc34)c3cc(C(C)(C)CCCC)ccc3c(-c3ccc4ccccc4c3)c2c1. The van der Waals surface area contributed by atoms with E-state index in [1.54, 1.807) is 18.2 Å². The number of hydrogen-bond acceptors (Lipinski definition) is 3. The lowest BCUT2D eigenvalue weighted by atomic mass is 9.76. The van der Waals surface area contributed by atoms with Gasteiger partial charge in [-0.2, -0.15) is 21.6 Å². The van der Waals surface area contributed by atoms with Crippen LogP contribution >= 0.6 is 0 Å². The van der Waals surface area contributed by atoms with E-state index >= 15 is 0 Å². The van der Waals surface area contributed by atoms with Gasteiger partial charge in [0.2, 0.25) is 0 Å². The monoisotopic (exact) mass is 774 g/mol. The Kier molecular flexibility index (Phi) is 10.5. The minimum Gasteiger partial charge on any atom is -0.375 e. The fraction of sp³-hybridized carbons (Fsp3) is 0.306. The summed E-state index contributed by atoms with van der Waals surface area (Å²) >= 11 is 0. The van der Waals surface area contributed by atoms with Gasteiger partial charge in [0.05, 0.1) is 0 Å². The van der Waals surface area contributed by atoms with Crippen LogP contribution < -0.4 is 4.18 Å². The second-order valence-corrected chi connectivity index (χ2v) is 18.0. The summed E-state index contributed by atoms with van der Waals surface area (Å²) in [7, 11) is -5.90. The first kappa shape index (κ1) is 39.4. The van der Waals surface area contributed by atoms with Gasteiger partial charge < -0.3 is 4.18 Å². The van der Waals surface area contributed by atoms with Crippen LogP contribution in [0.15, 0.2) is 115 Å². The molecule has 7 aromatic carbocycles. The van der Waals surface area contributed by atoms with Crippen molar-refractivity contribution in [3.8, 4) is 28.0 Å². The highest BCUT2D eigenvalue weighted by Crippen LogP contribution is 2.49. The Morgan fingerprint density at radius 1 is 0.536 bits per heavy atom. The summed E-state index contributed by atoms with van der Waals surface area (Å²) in [5.41, 5.74) is 0.568. The van der Waals surface area contributed by atoms with Gasteiger partial charge in [0, 0.05) is 5.39 Å². The Morgan fingerprint density at radius 2 is 1.07 bits per heavy atom. The zero-order valence-corrected chi connectivity index (χ0v) is 33.8. The molecule has 0 bridgehead atoms. The summed E-state index contributed by atoms with van der Waals surface area (Å²) < 4.78 is 70.0. The number of fused-ring (bicyclic) bond motifs is 4. The van der Waals surface area contributed by atoms with Crippen molar-refractivity contribution in [3.63, 3.8) is 0 Å². The van der Waals surface area contributed by atoms with Crippen molar-refractivity contribution in [1.82, 2.24) is 0 Å². The van der Waals surface area contributed by atoms with Crippen LogP contribution in [0.5, 0.6) is 5.75 Å². The average Bonchev–Trinajstić information content (AvgIpc) is 3.17. The molecule has 0 radical (unpaired) electrons. The number of benzene rings is 7. The van der Waals surface area contributed by atoms with Crippen molar-refractivity contribution in [2.45, 2.75) is 96.4 Å². The third-order valence-corrected chi connectivity index (χ3v) is 12.6. The normalized spacial score (nSPS) is 12.9. The zero-order chi connectivity index (χ0) is 40.0. The van der Waals surface area contributed by atoms with Crippen molar-refractivity contribution in [2.75, 3.05) is 0 Å². The minimum absolute atomic E-state index is 0.0945. The first-order chi connectivity index (χ1) is 26.6. The van der Waals surface area contributed by atoms with E-state index in [-0.39, 0.29) is 22.0 Å². The molecule has 0 unspecified atom stereocenters. The summed E-state index contributed by atoms with van der Waals surface area (Å²) in [6.45, 7) is 13.6. The van der Waals surface area contributed by atoms with Crippen LogP contribution in [-0.4, -0.2) is 13.9 Å². The fourth-order valence-corrected chi connectivity index (χ4v) is 8.75. The molecular weight excluding hydrogens is 726 g/mol. The van der Waals surface area contributed by atoms with Gasteiger partial charge in [0.25, 0.3) is 0 Å². The molecule has 7 heteroatoms. The predicted molar refractivity (Wildman–Crippen MR) is 228 cm³/mol. The van der Waals surface area contributed by atoms with E-state index in [1.165, 1.54) is 17.2 Å². The van der Waals surface area contributed by atoms with E-state index in [4.69, 9.17) is 4.18 Å². The third-order valence-electron chi connectivity index (χ3n) is 11.7. The van der Waals surface area contributed by atoms with Gasteiger partial charge in [0.1, 0.15) is 0 Å². The largest absolute Gasteiger partial charge is 0.534 e. The number of hydrogen-bond donors (Lipinski definition) is 0. The Hall–Kier alpha value is -4.88. The van der Waals surface area contributed by atoms with Crippen LogP contribution in [-0.2, 0) is 20.9 Å². The number of halogens is 3. The summed E-state index contributed by atoms with van der Waals surface area (Å²) in [6.07, 6.45) is 6.41. The molecule has 7 rings (SSSR count). The summed E-state index contributed by atoms with van der Waals surface area (Å²) in [4.78, 5) is 0. The van der Waals surface area contributed by atoms with E-state index in [2.05, 4.69) is 114 Å². The van der Waals surface area contributed by atoms with Crippen molar-refractivity contribution in [1.29, 1.82) is 0 Å². The van der Waals surface area contributed by atoms with E-state index < -0.39 is 15.6 Å². The van der Waals surface area contributed by atoms with Gasteiger partial charge in [-0.1, -0.05) is 152 Å². The molecule has 0 spiro atoms. The molecule has 0 aliphatic heterocycles. The average molecular weight is 775 g/mol. The maximum absolute atomic E-state index is 13.6. The standard InChI is InChI=1S/C49H49F3O3S/c1-7-9-27-47(3,4)35-22-24-41-42(30-35)45(34-20-19-32-15-11-12-16-33(32)29-34)40-23-21-36(48(5,6)28-10-8-2)31-43(40)46(41)39-25-26-44(38-18-14-13-17-37(38)39)55-56(53,54)49(50,51)52/h11-26,29-31H,7-10,27-28H2,1-6H3. The lowest BCUT2D eigenvalue weighted by Crippen LogP contribution is -2.28. The first-order valence-corrected chi connectivity index (χ1v) is 21.0. The topological polar surface area (TPSA) is 43.4 Å². The van der Waals surface area contributed by atoms with E-state index in [0.29, 0.717) is 5.39 Å². The Morgan fingerprint density at radius 3 is 1.66 bits per heavy atom. The Bertz CT molecular complexity index is 2710. The molecule has 7 aromatic rings. The second-order valence-electron chi connectivity index (χ2n) is 16.4. The molecule has 0 heterocycles. The van der Waals surface area contributed by atoms with Gasteiger partial charge in [0.15, 0.2) is 5.75 Å². The van der Waals surface area contributed by atoms with Crippen LogP contribution in [0.1, 0.15) is 91.2 Å². The predicted octanol–water partition coefficient (Wildman–Crippen LogP) is 14.8. The van der Waals surface area contributed by atoms with E-state index in [0.717, 1.165) is 93.1 Å². The highest BCUT2D eigenvalue weighted by atomic mass is 32.2. The smallest absolute Gasteiger partial charge is 0.375 e. The molecule has 0 N–H and O–H groups in total. The molecule has 290 valence electrons. The highest BCUT2D eigenvalue weighted by Gasteiger charge is 2.48. The molecule has 0 aliphatic rings. The second kappa shape index (κ2) is 14.9. The molecule has 0 amide bonds. The molecule has 0 aromatic heterocycles. The van der Waals surface area contributed by atoms with Crippen LogP contribution in [0, 0.1) is 0 Å². The van der Waals surface area contributed by atoms with Crippen LogP contribution in [0.3, 0.4) is 0 Å². The van der Waals surface area contributed by atoms with Gasteiger partial charge in [-0.25, -0.2) is 0 Å². The number of alkyl halides is 3. The molecule has 0 fully saturated rings. The first-order valence-electron chi connectivity index (χ1n) is 19.6. The van der Waals surface area contributed by atoms with Crippen molar-refractivity contribution < 1.29 is 25.8 Å². The molecule has 0 atom stereocenters. The minimum atomic E-state index is -5.90. The molecule has 0 saturated heterocycles. The molecule has 0 aliphatic carbocycles. The van der Waals surface area contributed by atoms with Gasteiger partial charge in [-0.3, -0.25) is 0 Å². The quantitative estimate of drug-likeness (QED) is 0.0705. The summed E-state index contributed by atoms with van der Waals surface area (Å²) in [6, 6.07) is 38.6. The van der Waals surface area contributed by atoms with Crippen molar-refractivity contribution >= 4 is 53.2 Å². The van der Waals surface area contributed by atoms with Crippen LogP contribution in [0.4, 0.5) is 13.2 Å².